The Morgan fingerprint density at radius 1 is 1.19 bits per heavy atom. The molecule has 0 atom stereocenters. The molecule has 0 aliphatic heterocycles. The number of hydrogen-bond donors (Lipinski definition) is 2. The Bertz CT molecular complexity index is 773. The second kappa shape index (κ2) is 9.36. The van der Waals surface area contributed by atoms with Crippen LogP contribution < -0.4 is 15.6 Å². The van der Waals surface area contributed by atoms with Crippen LogP contribution in [0, 0.1) is 5.92 Å². The molecule has 0 unspecified atom stereocenters. The molecular formula is C17H22N6O3S. The number of methoxy groups -OCH3 is 1. The van der Waals surface area contributed by atoms with E-state index in [0.717, 1.165) is 37.1 Å². The van der Waals surface area contributed by atoms with Gasteiger partial charge in [-0.2, -0.15) is 4.68 Å². The molecule has 0 bridgehead atoms. The number of amides is 2. The normalized spacial score (nSPS) is 14.6. The lowest BCUT2D eigenvalue weighted by atomic mass is 9.89. The minimum Gasteiger partial charge on any atom is -0.497 e. The van der Waals surface area contributed by atoms with Gasteiger partial charge in [0, 0.05) is 5.92 Å². The van der Waals surface area contributed by atoms with Crippen molar-refractivity contribution in [2.75, 3.05) is 12.9 Å². The molecule has 1 heterocycles. The van der Waals surface area contributed by atoms with Crippen LogP contribution in [0.1, 0.15) is 32.1 Å². The van der Waals surface area contributed by atoms with Gasteiger partial charge >= 0.3 is 0 Å². The van der Waals surface area contributed by atoms with Gasteiger partial charge in [0.2, 0.25) is 17.0 Å². The number of nitrogens with zero attached hydrogens (tertiary/aromatic N) is 4. The second-order valence-corrected chi connectivity index (χ2v) is 7.17. The third-order valence-electron chi connectivity index (χ3n) is 4.39. The van der Waals surface area contributed by atoms with Crippen molar-refractivity contribution in [3.8, 4) is 11.4 Å². The summed E-state index contributed by atoms with van der Waals surface area (Å²) in [7, 11) is 1.60. The number of hydrazine groups is 1. The maximum absolute atomic E-state index is 12.0. The zero-order valence-electron chi connectivity index (χ0n) is 15.1. The number of thioether (sulfide) groups is 1. The fourth-order valence-corrected chi connectivity index (χ4v) is 3.61. The van der Waals surface area contributed by atoms with Gasteiger partial charge in [-0.1, -0.05) is 31.0 Å². The van der Waals surface area contributed by atoms with E-state index in [9.17, 15) is 9.59 Å². The number of nitrogens with one attached hydrogen (secondary N) is 2. The van der Waals surface area contributed by atoms with E-state index in [1.807, 2.05) is 12.1 Å². The molecule has 2 N–H and O–H groups in total. The molecule has 0 radical (unpaired) electrons. The maximum atomic E-state index is 12.0. The zero-order chi connectivity index (χ0) is 19.1. The van der Waals surface area contributed by atoms with Crippen LogP contribution in [0.5, 0.6) is 5.75 Å². The van der Waals surface area contributed by atoms with Crippen LogP contribution >= 0.6 is 11.8 Å². The van der Waals surface area contributed by atoms with Crippen LogP contribution in [0.25, 0.3) is 5.69 Å². The van der Waals surface area contributed by atoms with Crippen LogP contribution in [-0.4, -0.2) is 44.9 Å². The Balaban J connectivity index is 1.49. The van der Waals surface area contributed by atoms with E-state index in [4.69, 9.17) is 4.74 Å². The molecule has 144 valence electrons. The fourth-order valence-electron chi connectivity index (χ4n) is 2.92. The lowest BCUT2D eigenvalue weighted by Gasteiger charge is -2.20. The number of hydrogen-bond acceptors (Lipinski definition) is 7. The molecule has 1 aliphatic rings. The molecule has 1 fully saturated rings. The van der Waals surface area contributed by atoms with Crippen LogP contribution in [0.2, 0.25) is 0 Å². The molecule has 9 nitrogen and oxygen atoms in total. The molecule has 1 aliphatic carbocycles. The smallest absolute Gasteiger partial charge is 0.248 e. The highest BCUT2D eigenvalue weighted by atomic mass is 32.2. The number of carbonyl (C=O) groups is 2. The summed E-state index contributed by atoms with van der Waals surface area (Å²) in [5, 5.41) is 12.0. The highest BCUT2D eigenvalue weighted by Crippen LogP contribution is 2.23. The Hall–Kier alpha value is -2.62. The Labute approximate surface area is 161 Å². The predicted octanol–water partition coefficient (Wildman–Crippen LogP) is 1.49. The maximum Gasteiger partial charge on any atom is 0.248 e. The minimum absolute atomic E-state index is 0.00549. The summed E-state index contributed by atoms with van der Waals surface area (Å²) in [6.45, 7) is 0. The van der Waals surface area contributed by atoms with E-state index in [1.165, 1.54) is 22.9 Å². The van der Waals surface area contributed by atoms with Crippen LogP contribution in [0.15, 0.2) is 29.4 Å². The summed E-state index contributed by atoms with van der Waals surface area (Å²) in [5.41, 5.74) is 5.74. The van der Waals surface area contributed by atoms with Gasteiger partial charge in [0.25, 0.3) is 0 Å². The molecule has 3 rings (SSSR count). The van der Waals surface area contributed by atoms with Gasteiger partial charge in [-0.3, -0.25) is 20.4 Å². The Morgan fingerprint density at radius 3 is 2.63 bits per heavy atom. The molecule has 1 aromatic carbocycles. The average molecular weight is 390 g/mol. The second-order valence-electron chi connectivity index (χ2n) is 6.23. The summed E-state index contributed by atoms with van der Waals surface area (Å²) >= 11 is 1.19. The van der Waals surface area contributed by atoms with Crippen molar-refractivity contribution in [1.82, 2.24) is 31.1 Å². The molecule has 27 heavy (non-hydrogen) atoms. The van der Waals surface area contributed by atoms with Gasteiger partial charge in [-0.25, -0.2) is 0 Å². The van der Waals surface area contributed by atoms with Crippen molar-refractivity contribution in [3.05, 3.63) is 24.3 Å². The predicted molar refractivity (Wildman–Crippen MR) is 99.3 cm³/mol. The van der Waals surface area contributed by atoms with Crippen LogP contribution in [0.4, 0.5) is 0 Å². The van der Waals surface area contributed by atoms with Crippen molar-refractivity contribution in [3.63, 3.8) is 0 Å². The standard InChI is InChI=1S/C17H22N6O3S/c1-26-14-9-7-13(8-10-14)23-17(20-21-22-23)27-11-15(24)18-19-16(25)12-5-3-2-4-6-12/h7-10,12H,2-6,11H2,1H3,(H,18,24)(H,19,25). The van der Waals surface area contributed by atoms with Crippen LogP contribution in [-0.2, 0) is 9.59 Å². The van der Waals surface area contributed by atoms with E-state index in [1.54, 1.807) is 19.2 Å². The highest BCUT2D eigenvalue weighted by Gasteiger charge is 2.21. The summed E-state index contributed by atoms with van der Waals surface area (Å²) in [5.74, 6) is 0.384. The average Bonchev–Trinajstić information content (AvgIpc) is 3.19. The summed E-state index contributed by atoms with van der Waals surface area (Å²) in [6.07, 6.45) is 5.07. The fraction of sp³-hybridized carbons (Fsp3) is 0.471. The Kier molecular flexibility index (Phi) is 6.64. The largest absolute Gasteiger partial charge is 0.497 e. The highest BCUT2D eigenvalue weighted by molar-refractivity contribution is 7.99. The number of carbonyl (C=O) groups excluding carboxylic acids is 2. The molecule has 2 amide bonds. The topological polar surface area (TPSA) is 111 Å². The first-order valence-corrected chi connectivity index (χ1v) is 9.80. The van der Waals surface area contributed by atoms with Gasteiger partial charge in [0.05, 0.1) is 18.6 Å². The molecule has 1 aromatic heterocycles. The lowest BCUT2D eigenvalue weighted by molar-refractivity contribution is -0.131. The van der Waals surface area contributed by atoms with Crippen molar-refractivity contribution < 1.29 is 14.3 Å². The van der Waals surface area contributed by atoms with Crippen molar-refractivity contribution >= 4 is 23.6 Å². The number of ether oxygens (including phenoxy) is 1. The number of rotatable bonds is 6. The first kappa shape index (κ1) is 19.2. The number of tetrazole rings is 1. The van der Waals surface area contributed by atoms with E-state index >= 15 is 0 Å². The molecular weight excluding hydrogens is 368 g/mol. The quantitative estimate of drug-likeness (QED) is 0.568. The first-order valence-electron chi connectivity index (χ1n) is 8.81. The third kappa shape index (κ3) is 5.19. The molecule has 10 heteroatoms. The number of aromatic nitrogens is 4. The lowest BCUT2D eigenvalue weighted by Crippen LogP contribution is -2.45. The summed E-state index contributed by atoms with van der Waals surface area (Å²) < 4.78 is 6.67. The van der Waals surface area contributed by atoms with Crippen molar-refractivity contribution in [2.24, 2.45) is 5.92 Å². The zero-order valence-corrected chi connectivity index (χ0v) is 15.9. The minimum atomic E-state index is -0.312. The van der Waals surface area contributed by atoms with Crippen LogP contribution in [0.3, 0.4) is 0 Å². The van der Waals surface area contributed by atoms with Gasteiger partial charge in [0.15, 0.2) is 0 Å². The van der Waals surface area contributed by atoms with Gasteiger partial charge < -0.3 is 4.74 Å². The van der Waals surface area contributed by atoms with E-state index in [0.29, 0.717) is 5.16 Å². The molecule has 1 saturated carbocycles. The third-order valence-corrected chi connectivity index (χ3v) is 5.31. The molecule has 0 saturated heterocycles. The molecule has 2 aromatic rings. The van der Waals surface area contributed by atoms with E-state index in [2.05, 4.69) is 26.4 Å². The van der Waals surface area contributed by atoms with Crippen molar-refractivity contribution in [2.45, 2.75) is 37.3 Å². The number of benzene rings is 1. The Morgan fingerprint density at radius 2 is 1.93 bits per heavy atom. The van der Waals surface area contributed by atoms with E-state index < -0.39 is 0 Å². The van der Waals surface area contributed by atoms with Gasteiger partial charge in [0.1, 0.15) is 5.75 Å². The van der Waals surface area contributed by atoms with Crippen molar-refractivity contribution in [1.29, 1.82) is 0 Å². The van der Waals surface area contributed by atoms with E-state index in [-0.39, 0.29) is 23.5 Å². The monoisotopic (exact) mass is 390 g/mol. The molecule has 0 spiro atoms. The summed E-state index contributed by atoms with van der Waals surface area (Å²) in [6, 6.07) is 7.26. The van der Waals surface area contributed by atoms with Gasteiger partial charge in [-0.15, -0.1) is 5.10 Å². The SMILES string of the molecule is COc1ccc(-n2nnnc2SCC(=O)NNC(=O)C2CCCCC2)cc1. The first-order chi connectivity index (χ1) is 13.2. The van der Waals surface area contributed by atoms with Gasteiger partial charge in [-0.05, 0) is 47.5 Å². The summed E-state index contributed by atoms with van der Waals surface area (Å²) in [4.78, 5) is 24.1.